The Kier molecular flexibility index (Phi) is 3.52. The van der Waals surface area contributed by atoms with Crippen LogP contribution in [-0.4, -0.2) is 25.1 Å². The van der Waals surface area contributed by atoms with Gasteiger partial charge in [0.2, 0.25) is 0 Å². The molecule has 0 aromatic heterocycles. The summed E-state index contributed by atoms with van der Waals surface area (Å²) in [7, 11) is 3.22. The second-order valence-corrected chi connectivity index (χ2v) is 5.01. The lowest BCUT2D eigenvalue weighted by molar-refractivity contribution is 0.318. The molecule has 2 aromatic rings. The van der Waals surface area contributed by atoms with Crippen LogP contribution in [0.2, 0.25) is 0 Å². The van der Waals surface area contributed by atoms with Gasteiger partial charge >= 0.3 is 0 Å². The standard InChI is InChI=1S/C17H17NO3/c1-20-16-9-13-12(11-6-4-3-5-7-11)8-15(18-19)14(13)10-17(16)21-2/h3-7,9-10,12,19H,8H2,1-2H3/b18-15-/t12-/m1/s1. The van der Waals surface area contributed by atoms with E-state index >= 15 is 0 Å². The van der Waals surface area contributed by atoms with Crippen LogP contribution in [0.3, 0.4) is 0 Å². The highest BCUT2D eigenvalue weighted by Gasteiger charge is 2.31. The van der Waals surface area contributed by atoms with Crippen molar-refractivity contribution in [2.75, 3.05) is 14.2 Å². The molecule has 0 bridgehead atoms. The maximum absolute atomic E-state index is 9.28. The Morgan fingerprint density at radius 3 is 2.33 bits per heavy atom. The molecule has 2 aromatic carbocycles. The average Bonchev–Trinajstić information content (AvgIpc) is 2.91. The molecule has 1 atom stereocenters. The summed E-state index contributed by atoms with van der Waals surface area (Å²) >= 11 is 0. The Morgan fingerprint density at radius 2 is 1.71 bits per heavy atom. The van der Waals surface area contributed by atoms with Crippen molar-refractivity contribution in [2.45, 2.75) is 12.3 Å². The number of fused-ring (bicyclic) bond motifs is 1. The smallest absolute Gasteiger partial charge is 0.161 e. The molecule has 0 heterocycles. The van der Waals surface area contributed by atoms with Crippen molar-refractivity contribution in [2.24, 2.45) is 5.16 Å². The normalized spacial score (nSPS) is 18.6. The third-order valence-electron chi connectivity index (χ3n) is 3.96. The summed E-state index contributed by atoms with van der Waals surface area (Å²) < 4.78 is 10.7. The molecule has 1 aliphatic carbocycles. The van der Waals surface area contributed by atoms with Crippen molar-refractivity contribution in [3.8, 4) is 11.5 Å². The fourth-order valence-electron chi connectivity index (χ4n) is 2.92. The van der Waals surface area contributed by atoms with Crippen LogP contribution in [-0.2, 0) is 0 Å². The molecule has 0 aliphatic heterocycles. The highest BCUT2D eigenvalue weighted by atomic mass is 16.5. The van der Waals surface area contributed by atoms with Crippen LogP contribution in [0.15, 0.2) is 47.6 Å². The van der Waals surface area contributed by atoms with E-state index in [-0.39, 0.29) is 5.92 Å². The minimum absolute atomic E-state index is 0.173. The van der Waals surface area contributed by atoms with Crippen LogP contribution in [0.4, 0.5) is 0 Å². The van der Waals surface area contributed by atoms with Crippen molar-refractivity contribution in [3.05, 3.63) is 59.2 Å². The van der Waals surface area contributed by atoms with Crippen molar-refractivity contribution < 1.29 is 14.7 Å². The zero-order chi connectivity index (χ0) is 14.8. The van der Waals surface area contributed by atoms with Gasteiger partial charge in [0.05, 0.1) is 19.9 Å². The summed E-state index contributed by atoms with van der Waals surface area (Å²) in [5, 5.41) is 12.7. The Hall–Kier alpha value is -2.49. The largest absolute Gasteiger partial charge is 0.493 e. The molecule has 3 rings (SSSR count). The van der Waals surface area contributed by atoms with E-state index in [1.165, 1.54) is 5.56 Å². The zero-order valence-corrected chi connectivity index (χ0v) is 12.0. The molecular formula is C17H17NO3. The highest BCUT2D eigenvalue weighted by molar-refractivity contribution is 6.06. The molecule has 4 heteroatoms. The highest BCUT2D eigenvalue weighted by Crippen LogP contribution is 2.43. The predicted octanol–water partition coefficient (Wildman–Crippen LogP) is 3.42. The van der Waals surface area contributed by atoms with E-state index < -0.39 is 0 Å². The minimum Gasteiger partial charge on any atom is -0.493 e. The van der Waals surface area contributed by atoms with Gasteiger partial charge in [-0.25, -0.2) is 0 Å². The quantitative estimate of drug-likeness (QED) is 0.693. The van der Waals surface area contributed by atoms with Gasteiger partial charge in [0.15, 0.2) is 11.5 Å². The van der Waals surface area contributed by atoms with Gasteiger partial charge in [-0.1, -0.05) is 35.5 Å². The first-order valence-electron chi connectivity index (χ1n) is 6.80. The average molecular weight is 283 g/mol. The van der Waals surface area contributed by atoms with E-state index in [0.717, 1.165) is 11.1 Å². The molecule has 1 aliphatic rings. The number of hydrogen-bond donors (Lipinski definition) is 1. The van der Waals surface area contributed by atoms with Gasteiger partial charge in [-0.05, 0) is 23.3 Å². The molecule has 21 heavy (non-hydrogen) atoms. The fourth-order valence-corrected chi connectivity index (χ4v) is 2.92. The summed E-state index contributed by atoms with van der Waals surface area (Å²) in [6.45, 7) is 0. The monoisotopic (exact) mass is 283 g/mol. The molecule has 0 saturated carbocycles. The number of rotatable bonds is 3. The first-order valence-corrected chi connectivity index (χ1v) is 6.80. The molecule has 0 saturated heterocycles. The summed E-state index contributed by atoms with van der Waals surface area (Å²) in [4.78, 5) is 0. The predicted molar refractivity (Wildman–Crippen MR) is 80.8 cm³/mol. The molecule has 0 fully saturated rings. The lowest BCUT2D eigenvalue weighted by Crippen LogP contribution is -1.98. The second kappa shape index (κ2) is 5.48. The van der Waals surface area contributed by atoms with Gasteiger partial charge < -0.3 is 14.7 Å². The van der Waals surface area contributed by atoms with Gasteiger partial charge in [0.25, 0.3) is 0 Å². The van der Waals surface area contributed by atoms with Gasteiger partial charge in [-0.15, -0.1) is 0 Å². The van der Waals surface area contributed by atoms with Crippen molar-refractivity contribution in [1.82, 2.24) is 0 Å². The van der Waals surface area contributed by atoms with Crippen molar-refractivity contribution in [3.63, 3.8) is 0 Å². The lowest BCUT2D eigenvalue weighted by atomic mass is 9.93. The molecule has 0 spiro atoms. The van der Waals surface area contributed by atoms with E-state index in [2.05, 4.69) is 17.3 Å². The van der Waals surface area contributed by atoms with Gasteiger partial charge in [-0.3, -0.25) is 0 Å². The third-order valence-corrected chi connectivity index (χ3v) is 3.96. The number of ether oxygens (including phenoxy) is 2. The number of nitrogens with zero attached hydrogens (tertiary/aromatic N) is 1. The maximum Gasteiger partial charge on any atom is 0.161 e. The van der Waals surface area contributed by atoms with E-state index in [9.17, 15) is 5.21 Å². The molecule has 0 amide bonds. The summed E-state index contributed by atoms with van der Waals surface area (Å²) in [5.41, 5.74) is 3.90. The van der Waals surface area contributed by atoms with Gasteiger partial charge in [-0.2, -0.15) is 0 Å². The summed E-state index contributed by atoms with van der Waals surface area (Å²) in [6, 6.07) is 14.1. The molecule has 0 unspecified atom stereocenters. The topological polar surface area (TPSA) is 51.0 Å². The number of hydrogen-bond acceptors (Lipinski definition) is 4. The van der Waals surface area contributed by atoms with E-state index in [4.69, 9.17) is 9.47 Å². The number of oxime groups is 1. The summed E-state index contributed by atoms with van der Waals surface area (Å²) in [5.74, 6) is 1.51. The van der Waals surface area contributed by atoms with Crippen LogP contribution in [0, 0.1) is 0 Å². The molecule has 0 radical (unpaired) electrons. The molecule has 1 N–H and O–H groups in total. The Bertz CT molecular complexity index is 680. The first kappa shape index (κ1) is 13.5. The number of benzene rings is 2. The van der Waals surface area contributed by atoms with E-state index in [0.29, 0.717) is 23.6 Å². The molecular weight excluding hydrogens is 266 g/mol. The van der Waals surface area contributed by atoms with Crippen LogP contribution in [0.25, 0.3) is 0 Å². The van der Waals surface area contributed by atoms with Crippen molar-refractivity contribution in [1.29, 1.82) is 0 Å². The van der Waals surface area contributed by atoms with Crippen LogP contribution in [0.5, 0.6) is 11.5 Å². The van der Waals surface area contributed by atoms with Gasteiger partial charge in [0.1, 0.15) is 0 Å². The maximum atomic E-state index is 9.28. The molecule has 108 valence electrons. The van der Waals surface area contributed by atoms with E-state index in [1.807, 2.05) is 30.3 Å². The number of methoxy groups -OCH3 is 2. The second-order valence-electron chi connectivity index (χ2n) is 5.01. The fraction of sp³-hybridized carbons (Fsp3) is 0.235. The third kappa shape index (κ3) is 2.23. The van der Waals surface area contributed by atoms with Crippen LogP contribution in [0.1, 0.15) is 29.0 Å². The Morgan fingerprint density at radius 1 is 1.05 bits per heavy atom. The SMILES string of the molecule is COc1cc2c(cc1OC)[C@@H](c1ccccc1)C/C2=N/O. The first-order chi connectivity index (χ1) is 10.3. The minimum atomic E-state index is 0.173. The van der Waals surface area contributed by atoms with Gasteiger partial charge in [0, 0.05) is 17.9 Å². The lowest BCUT2D eigenvalue weighted by Gasteiger charge is -2.14. The Labute approximate surface area is 123 Å². The van der Waals surface area contributed by atoms with Crippen molar-refractivity contribution >= 4 is 5.71 Å². The summed E-state index contributed by atoms with van der Waals surface area (Å²) in [6.07, 6.45) is 0.673. The van der Waals surface area contributed by atoms with Crippen LogP contribution >= 0.6 is 0 Å². The Balaban J connectivity index is 2.16. The van der Waals surface area contributed by atoms with E-state index in [1.54, 1.807) is 14.2 Å². The zero-order valence-electron chi connectivity index (χ0n) is 12.0. The van der Waals surface area contributed by atoms with Crippen LogP contribution < -0.4 is 9.47 Å². The molecule has 4 nitrogen and oxygen atoms in total.